The molecule has 0 saturated heterocycles. The highest BCUT2D eigenvalue weighted by molar-refractivity contribution is 7.13. The third-order valence-corrected chi connectivity index (χ3v) is 6.24. The molecule has 1 unspecified atom stereocenters. The number of aryl methyl sites for hydroxylation is 1. The molecule has 1 amide bonds. The molecule has 2 aromatic carbocycles. The molecule has 2 aromatic heterocycles. The summed E-state index contributed by atoms with van der Waals surface area (Å²) in [6.07, 6.45) is 1.57. The maximum Gasteiger partial charge on any atom is 0.296 e. The second-order valence-electron chi connectivity index (χ2n) is 7.74. The van der Waals surface area contributed by atoms with E-state index in [0.29, 0.717) is 28.8 Å². The number of ether oxygens (including phenoxy) is 1. The number of Topliss-reactive ketones (excluding diaryl/α,β-unsaturated/α-hetero) is 1. The number of furan rings is 1. The van der Waals surface area contributed by atoms with Crippen LogP contribution in [0.1, 0.15) is 33.5 Å². The second kappa shape index (κ2) is 8.99. The lowest BCUT2D eigenvalue weighted by atomic mass is 9.95. The van der Waals surface area contributed by atoms with Gasteiger partial charge in [0.05, 0.1) is 11.6 Å². The first-order chi connectivity index (χ1) is 16.5. The molecule has 7 nitrogen and oxygen atoms in total. The second-order valence-corrected chi connectivity index (χ2v) is 8.61. The molecule has 1 aliphatic rings. The quantitative estimate of drug-likeness (QED) is 0.362. The van der Waals surface area contributed by atoms with Crippen LogP contribution in [0.5, 0.6) is 5.75 Å². The molecule has 1 aliphatic heterocycles. The highest BCUT2D eigenvalue weighted by atomic mass is 32.1. The van der Waals surface area contributed by atoms with Gasteiger partial charge >= 0.3 is 0 Å². The van der Waals surface area contributed by atoms with Gasteiger partial charge in [0.1, 0.15) is 18.1 Å². The predicted molar refractivity (Wildman–Crippen MR) is 127 cm³/mol. The highest BCUT2D eigenvalue weighted by Crippen LogP contribution is 2.43. The van der Waals surface area contributed by atoms with Crippen molar-refractivity contribution in [3.63, 3.8) is 0 Å². The summed E-state index contributed by atoms with van der Waals surface area (Å²) < 4.78 is 11.5. The lowest BCUT2D eigenvalue weighted by molar-refractivity contribution is -0.117. The summed E-state index contributed by atoms with van der Waals surface area (Å²) in [6.45, 7) is 2.08. The minimum absolute atomic E-state index is 0.0503. The fourth-order valence-electron chi connectivity index (χ4n) is 3.89. The SMILES string of the molecule is Cc1ccc(C(=O)C2=C(O)C(=O)N(c3nccs3)C2c2cccc(OCc3ccccc3)c2)o1. The van der Waals surface area contributed by atoms with Crippen molar-refractivity contribution in [1.29, 1.82) is 0 Å². The number of ketones is 1. The van der Waals surface area contributed by atoms with Crippen LogP contribution in [0.25, 0.3) is 0 Å². The molecule has 0 aliphatic carbocycles. The van der Waals surface area contributed by atoms with E-state index >= 15 is 0 Å². The number of amides is 1. The van der Waals surface area contributed by atoms with Crippen LogP contribution >= 0.6 is 11.3 Å². The highest BCUT2D eigenvalue weighted by Gasteiger charge is 2.46. The Kier molecular flexibility index (Phi) is 5.73. The summed E-state index contributed by atoms with van der Waals surface area (Å²) >= 11 is 1.24. The van der Waals surface area contributed by atoms with Crippen LogP contribution < -0.4 is 9.64 Å². The summed E-state index contributed by atoms with van der Waals surface area (Å²) in [4.78, 5) is 32.1. The minimum Gasteiger partial charge on any atom is -0.503 e. The molecule has 4 aromatic rings. The summed E-state index contributed by atoms with van der Waals surface area (Å²) in [5.74, 6) is -0.692. The normalized spacial score (nSPS) is 15.7. The Labute approximate surface area is 199 Å². The maximum atomic E-state index is 13.4. The van der Waals surface area contributed by atoms with Gasteiger partial charge in [0.25, 0.3) is 5.91 Å². The number of hydrogen-bond donors (Lipinski definition) is 1. The van der Waals surface area contributed by atoms with Crippen LogP contribution in [0.15, 0.2) is 94.1 Å². The van der Waals surface area contributed by atoms with Gasteiger partial charge in [0, 0.05) is 11.6 Å². The molecule has 1 N–H and O–H groups in total. The lowest BCUT2D eigenvalue weighted by Crippen LogP contribution is -2.30. The number of benzene rings is 2. The number of hydrogen-bond acceptors (Lipinski definition) is 7. The molecular formula is C26H20N2O5S. The van der Waals surface area contributed by atoms with Gasteiger partial charge < -0.3 is 14.3 Å². The van der Waals surface area contributed by atoms with Gasteiger partial charge in [-0.05, 0) is 42.3 Å². The first-order valence-corrected chi connectivity index (χ1v) is 11.4. The van der Waals surface area contributed by atoms with Crippen LogP contribution in [-0.2, 0) is 11.4 Å². The van der Waals surface area contributed by atoms with E-state index in [4.69, 9.17) is 9.15 Å². The fraction of sp³-hybridized carbons (Fsp3) is 0.115. The van der Waals surface area contributed by atoms with Gasteiger partial charge in [-0.15, -0.1) is 11.3 Å². The van der Waals surface area contributed by atoms with Crippen molar-refractivity contribution in [1.82, 2.24) is 4.98 Å². The number of carbonyl (C=O) groups excluding carboxylic acids is 2. The molecule has 0 radical (unpaired) electrons. The Morgan fingerprint density at radius 3 is 2.68 bits per heavy atom. The van der Waals surface area contributed by atoms with E-state index < -0.39 is 23.5 Å². The van der Waals surface area contributed by atoms with E-state index in [2.05, 4.69) is 4.98 Å². The summed E-state index contributed by atoms with van der Waals surface area (Å²) in [5.41, 5.74) is 1.55. The Balaban J connectivity index is 1.54. The molecule has 1 atom stereocenters. The zero-order valence-corrected chi connectivity index (χ0v) is 19.0. The molecule has 8 heteroatoms. The number of nitrogens with zero attached hydrogens (tertiary/aromatic N) is 2. The number of aromatic nitrogens is 1. The van der Waals surface area contributed by atoms with E-state index in [0.717, 1.165) is 5.56 Å². The van der Waals surface area contributed by atoms with Crippen molar-refractivity contribution in [2.24, 2.45) is 0 Å². The maximum absolute atomic E-state index is 13.4. The number of anilines is 1. The van der Waals surface area contributed by atoms with E-state index in [9.17, 15) is 14.7 Å². The average Bonchev–Trinajstić information content (AvgIpc) is 3.59. The van der Waals surface area contributed by atoms with E-state index in [1.54, 1.807) is 48.8 Å². The minimum atomic E-state index is -0.892. The molecule has 0 spiro atoms. The van der Waals surface area contributed by atoms with Crippen LogP contribution in [-0.4, -0.2) is 21.8 Å². The first-order valence-electron chi connectivity index (χ1n) is 10.6. The van der Waals surface area contributed by atoms with Crippen LogP contribution in [0.3, 0.4) is 0 Å². The zero-order chi connectivity index (χ0) is 23.7. The van der Waals surface area contributed by atoms with Crippen LogP contribution in [0.4, 0.5) is 5.13 Å². The largest absolute Gasteiger partial charge is 0.503 e. The summed E-state index contributed by atoms with van der Waals surface area (Å²) in [7, 11) is 0. The molecule has 34 heavy (non-hydrogen) atoms. The Morgan fingerprint density at radius 1 is 1.15 bits per heavy atom. The van der Waals surface area contributed by atoms with Crippen LogP contribution in [0.2, 0.25) is 0 Å². The standard InChI is InChI=1S/C26H20N2O5S/c1-16-10-11-20(33-16)23(29)21-22(28(25(31)24(21)30)26-27-12-13-34-26)18-8-5-9-19(14-18)32-15-17-6-3-2-4-7-17/h2-14,22,30H,15H2,1H3. The van der Waals surface area contributed by atoms with Crippen molar-refractivity contribution < 1.29 is 23.8 Å². The first kappa shape index (κ1) is 21.7. The fourth-order valence-corrected chi connectivity index (χ4v) is 4.56. The monoisotopic (exact) mass is 472 g/mol. The third kappa shape index (κ3) is 3.99. The van der Waals surface area contributed by atoms with Gasteiger partial charge in [-0.25, -0.2) is 4.98 Å². The molecule has 170 valence electrons. The average molecular weight is 473 g/mol. The zero-order valence-electron chi connectivity index (χ0n) is 18.2. The lowest BCUT2D eigenvalue weighted by Gasteiger charge is -2.24. The van der Waals surface area contributed by atoms with E-state index in [-0.39, 0.29) is 11.3 Å². The molecular weight excluding hydrogens is 452 g/mol. The van der Waals surface area contributed by atoms with Crippen molar-refractivity contribution in [2.75, 3.05) is 4.90 Å². The van der Waals surface area contributed by atoms with Crippen LogP contribution in [0, 0.1) is 6.92 Å². The molecule has 0 bridgehead atoms. The van der Waals surface area contributed by atoms with Gasteiger partial charge in [-0.2, -0.15) is 0 Å². The molecule has 5 rings (SSSR count). The Hall–Kier alpha value is -4.17. The van der Waals surface area contributed by atoms with Crippen molar-refractivity contribution in [3.05, 3.63) is 112 Å². The number of rotatable bonds is 7. The van der Waals surface area contributed by atoms with Gasteiger partial charge in [-0.1, -0.05) is 42.5 Å². The summed E-state index contributed by atoms with van der Waals surface area (Å²) in [6, 6.07) is 19.2. The Bertz CT molecular complexity index is 1380. The number of thiazole rings is 1. The van der Waals surface area contributed by atoms with Gasteiger partial charge in [0.15, 0.2) is 16.7 Å². The number of carbonyl (C=O) groups is 2. The molecule has 3 heterocycles. The summed E-state index contributed by atoms with van der Waals surface area (Å²) in [5, 5.41) is 12.9. The Morgan fingerprint density at radius 2 is 1.97 bits per heavy atom. The number of aliphatic hydroxyl groups excluding tert-OH is 1. The topological polar surface area (TPSA) is 92.9 Å². The number of aliphatic hydroxyl groups is 1. The van der Waals surface area contributed by atoms with E-state index in [1.165, 1.54) is 22.3 Å². The van der Waals surface area contributed by atoms with E-state index in [1.807, 2.05) is 30.3 Å². The predicted octanol–water partition coefficient (Wildman–Crippen LogP) is 5.41. The van der Waals surface area contributed by atoms with Gasteiger partial charge in [0.2, 0.25) is 5.78 Å². The van der Waals surface area contributed by atoms with Crippen molar-refractivity contribution in [2.45, 2.75) is 19.6 Å². The smallest absolute Gasteiger partial charge is 0.296 e. The van der Waals surface area contributed by atoms with Crippen molar-refractivity contribution >= 4 is 28.2 Å². The van der Waals surface area contributed by atoms with Crippen molar-refractivity contribution in [3.8, 4) is 5.75 Å². The third-order valence-electron chi connectivity index (χ3n) is 5.46. The molecule has 0 saturated carbocycles. The molecule has 0 fully saturated rings. The van der Waals surface area contributed by atoms with Gasteiger partial charge in [-0.3, -0.25) is 14.5 Å².